The molecule has 1 saturated carbocycles. The van der Waals surface area contributed by atoms with E-state index in [0.717, 1.165) is 36.8 Å². The van der Waals surface area contributed by atoms with E-state index in [-0.39, 0.29) is 17.2 Å². The van der Waals surface area contributed by atoms with E-state index >= 15 is 0 Å². The van der Waals surface area contributed by atoms with E-state index in [2.05, 4.69) is 0 Å². The van der Waals surface area contributed by atoms with Crippen molar-refractivity contribution in [2.24, 2.45) is 5.41 Å². The highest BCUT2D eigenvalue weighted by Gasteiger charge is 2.57. The highest BCUT2D eigenvalue weighted by molar-refractivity contribution is 7.89. The van der Waals surface area contributed by atoms with Crippen LogP contribution in [-0.4, -0.2) is 31.1 Å². The zero-order valence-electron chi connectivity index (χ0n) is 13.3. The zero-order chi connectivity index (χ0) is 16.2. The Kier molecular flexibility index (Phi) is 3.29. The molecule has 1 aromatic carbocycles. The smallest absolute Gasteiger partial charge is 0.243 e. The third-order valence-electron chi connectivity index (χ3n) is 5.75. The minimum atomic E-state index is -3.51. The van der Waals surface area contributed by atoms with Gasteiger partial charge in [-0.25, -0.2) is 8.42 Å². The standard InChI is InChI=1S/C18H21NO3S/c1-13-5-7-16(8-6-13)23(21,22)19-12-14-10-15(20)11-18(14)9-3-2-4-17(18)19/h5-8,10,17H,2-4,9,11-12H2,1H3/t17-,18+/m0/s1. The summed E-state index contributed by atoms with van der Waals surface area (Å²) in [5.74, 6) is 0.166. The summed E-state index contributed by atoms with van der Waals surface area (Å²) < 4.78 is 27.9. The zero-order valence-corrected chi connectivity index (χ0v) is 14.1. The van der Waals surface area contributed by atoms with Crippen LogP contribution < -0.4 is 0 Å². The fourth-order valence-corrected chi connectivity index (χ4v) is 6.32. The number of sulfonamides is 1. The molecule has 1 saturated heterocycles. The van der Waals surface area contributed by atoms with Crippen LogP contribution >= 0.6 is 0 Å². The van der Waals surface area contributed by atoms with Crippen molar-refractivity contribution >= 4 is 15.8 Å². The molecule has 0 unspecified atom stereocenters. The fraction of sp³-hybridized carbons (Fsp3) is 0.500. The topological polar surface area (TPSA) is 54.5 Å². The molecule has 5 heteroatoms. The normalized spacial score (nSPS) is 30.9. The molecule has 0 aromatic heterocycles. The van der Waals surface area contributed by atoms with E-state index in [1.165, 1.54) is 0 Å². The number of aryl methyl sites for hydroxylation is 1. The van der Waals surface area contributed by atoms with Crippen molar-refractivity contribution in [2.45, 2.75) is 50.0 Å². The maximum absolute atomic E-state index is 13.1. The van der Waals surface area contributed by atoms with Gasteiger partial charge in [-0.2, -0.15) is 4.31 Å². The molecular weight excluding hydrogens is 310 g/mol. The molecule has 0 amide bonds. The van der Waals surface area contributed by atoms with Crippen LogP contribution in [0, 0.1) is 12.3 Å². The van der Waals surface area contributed by atoms with Gasteiger partial charge in [-0.3, -0.25) is 4.79 Å². The van der Waals surface area contributed by atoms with E-state index < -0.39 is 10.0 Å². The largest absolute Gasteiger partial charge is 0.295 e. The van der Waals surface area contributed by atoms with Gasteiger partial charge in [0, 0.05) is 24.4 Å². The second kappa shape index (κ2) is 5.02. The number of ketones is 1. The quantitative estimate of drug-likeness (QED) is 0.837. The van der Waals surface area contributed by atoms with Crippen LogP contribution in [0.2, 0.25) is 0 Å². The molecule has 2 fully saturated rings. The predicted molar refractivity (Wildman–Crippen MR) is 87.5 cm³/mol. The minimum Gasteiger partial charge on any atom is -0.295 e. The lowest BCUT2D eigenvalue weighted by Crippen LogP contribution is -2.44. The maximum Gasteiger partial charge on any atom is 0.243 e. The summed E-state index contributed by atoms with van der Waals surface area (Å²) >= 11 is 0. The molecule has 0 radical (unpaired) electrons. The van der Waals surface area contributed by atoms with Crippen LogP contribution in [0.4, 0.5) is 0 Å². The Labute approximate surface area is 137 Å². The van der Waals surface area contributed by atoms with Gasteiger partial charge in [0.25, 0.3) is 0 Å². The van der Waals surface area contributed by atoms with Gasteiger partial charge < -0.3 is 0 Å². The summed E-state index contributed by atoms with van der Waals surface area (Å²) in [5, 5.41) is 0. The molecule has 3 aliphatic rings. The second-order valence-electron chi connectivity index (χ2n) is 7.09. The van der Waals surface area contributed by atoms with E-state index in [1.54, 1.807) is 22.5 Å². The lowest BCUT2D eigenvalue weighted by Gasteiger charge is -2.39. The molecule has 4 nitrogen and oxygen atoms in total. The summed E-state index contributed by atoms with van der Waals surface area (Å²) in [6, 6.07) is 6.99. The number of rotatable bonds is 2. The molecule has 1 aromatic rings. The van der Waals surface area contributed by atoms with Crippen LogP contribution in [0.1, 0.15) is 37.7 Å². The Morgan fingerprint density at radius 3 is 2.65 bits per heavy atom. The number of benzene rings is 1. The highest BCUT2D eigenvalue weighted by atomic mass is 32.2. The molecule has 0 bridgehead atoms. The van der Waals surface area contributed by atoms with Gasteiger partial charge in [0.05, 0.1) is 4.90 Å². The third-order valence-corrected chi connectivity index (χ3v) is 7.62. The molecule has 4 rings (SSSR count). The summed E-state index contributed by atoms with van der Waals surface area (Å²) in [7, 11) is -3.51. The highest BCUT2D eigenvalue weighted by Crippen LogP contribution is 2.56. The van der Waals surface area contributed by atoms with Gasteiger partial charge in [0.15, 0.2) is 5.78 Å². The minimum absolute atomic E-state index is 0.0553. The van der Waals surface area contributed by atoms with Crippen molar-refractivity contribution < 1.29 is 13.2 Å². The van der Waals surface area contributed by atoms with Crippen molar-refractivity contribution in [3.05, 3.63) is 41.5 Å². The number of hydrogen-bond donors (Lipinski definition) is 0. The summed E-state index contributed by atoms with van der Waals surface area (Å²) in [4.78, 5) is 12.3. The fourth-order valence-electron chi connectivity index (χ4n) is 4.61. The molecule has 1 spiro atoms. The van der Waals surface area contributed by atoms with E-state index in [1.807, 2.05) is 19.1 Å². The lowest BCUT2D eigenvalue weighted by atomic mass is 9.68. The molecule has 122 valence electrons. The van der Waals surface area contributed by atoms with Crippen LogP contribution in [0.25, 0.3) is 0 Å². The van der Waals surface area contributed by atoms with Crippen LogP contribution in [0.3, 0.4) is 0 Å². The molecule has 23 heavy (non-hydrogen) atoms. The van der Waals surface area contributed by atoms with Gasteiger partial charge in [-0.05, 0) is 43.5 Å². The van der Waals surface area contributed by atoms with Crippen molar-refractivity contribution in [1.29, 1.82) is 0 Å². The molecule has 0 N–H and O–H groups in total. The van der Waals surface area contributed by atoms with Gasteiger partial charge in [0.1, 0.15) is 0 Å². The maximum atomic E-state index is 13.1. The number of nitrogens with zero attached hydrogens (tertiary/aromatic N) is 1. The second-order valence-corrected chi connectivity index (χ2v) is 8.98. The summed E-state index contributed by atoms with van der Waals surface area (Å²) in [6.45, 7) is 2.33. The molecule has 2 aliphatic carbocycles. The van der Waals surface area contributed by atoms with Crippen molar-refractivity contribution in [3.8, 4) is 0 Å². The van der Waals surface area contributed by atoms with Gasteiger partial charge >= 0.3 is 0 Å². The SMILES string of the molecule is Cc1ccc(S(=O)(=O)N2CC3=CC(=O)C[C@]34CCCC[C@H]24)cc1. The third kappa shape index (κ3) is 2.13. The number of carbonyl (C=O) groups excluding carboxylic acids is 1. The molecule has 2 atom stereocenters. The van der Waals surface area contributed by atoms with Crippen molar-refractivity contribution in [1.82, 2.24) is 4.31 Å². The summed E-state index contributed by atoms with van der Waals surface area (Å²) in [5.41, 5.74) is 1.88. The first-order chi connectivity index (χ1) is 10.9. The predicted octanol–water partition coefficient (Wildman–Crippen LogP) is 2.83. The van der Waals surface area contributed by atoms with Gasteiger partial charge in [-0.15, -0.1) is 0 Å². The molecular formula is C18H21NO3S. The monoisotopic (exact) mass is 331 g/mol. The van der Waals surface area contributed by atoms with E-state index in [0.29, 0.717) is 17.9 Å². The lowest BCUT2D eigenvalue weighted by molar-refractivity contribution is -0.115. The first kappa shape index (κ1) is 15.1. The number of carbonyl (C=O) groups is 1. The Morgan fingerprint density at radius 2 is 1.91 bits per heavy atom. The average Bonchev–Trinajstić information content (AvgIpc) is 2.98. The van der Waals surface area contributed by atoms with E-state index in [4.69, 9.17) is 0 Å². The van der Waals surface area contributed by atoms with Crippen LogP contribution in [0.15, 0.2) is 40.8 Å². The Morgan fingerprint density at radius 1 is 1.17 bits per heavy atom. The van der Waals surface area contributed by atoms with Crippen LogP contribution in [-0.2, 0) is 14.8 Å². The van der Waals surface area contributed by atoms with Gasteiger partial charge in [-0.1, -0.05) is 30.5 Å². The van der Waals surface area contributed by atoms with E-state index in [9.17, 15) is 13.2 Å². The van der Waals surface area contributed by atoms with Gasteiger partial charge in [0.2, 0.25) is 10.0 Å². The molecule has 1 aliphatic heterocycles. The number of allylic oxidation sites excluding steroid dienone is 1. The van der Waals surface area contributed by atoms with Crippen molar-refractivity contribution in [2.75, 3.05) is 6.54 Å². The first-order valence-corrected chi connectivity index (χ1v) is 9.70. The molecule has 1 heterocycles. The Bertz CT molecular complexity index is 794. The van der Waals surface area contributed by atoms with Crippen LogP contribution in [0.5, 0.6) is 0 Å². The summed E-state index contributed by atoms with van der Waals surface area (Å²) in [6.07, 6.45) is 6.12. The number of hydrogen-bond acceptors (Lipinski definition) is 3. The van der Waals surface area contributed by atoms with Crippen molar-refractivity contribution in [3.63, 3.8) is 0 Å². The Balaban J connectivity index is 1.76. The average molecular weight is 331 g/mol. The first-order valence-electron chi connectivity index (χ1n) is 8.26. The Hall–Kier alpha value is -1.46.